The van der Waals surface area contributed by atoms with E-state index in [9.17, 15) is 0 Å². The molecule has 3 aromatic heterocycles. The second-order valence-electron chi connectivity index (χ2n) is 3.86. The van der Waals surface area contributed by atoms with Gasteiger partial charge in [-0.2, -0.15) is 0 Å². The van der Waals surface area contributed by atoms with Crippen molar-refractivity contribution in [3.05, 3.63) is 60.2 Å². The van der Waals surface area contributed by atoms with Gasteiger partial charge >= 0.3 is 0 Å². The van der Waals surface area contributed by atoms with Gasteiger partial charge in [0.2, 0.25) is 0 Å². The number of anilines is 2. The normalized spacial score (nSPS) is 9.65. The number of hydrogen-bond donors (Lipinski definition) is 2. The lowest BCUT2D eigenvalue weighted by Crippen LogP contribution is -1.86. The summed E-state index contributed by atoms with van der Waals surface area (Å²) in [7, 11) is 0. The third kappa shape index (κ3) is 4.00. The number of furan rings is 1. The van der Waals surface area contributed by atoms with Crippen molar-refractivity contribution in [2.75, 3.05) is 11.5 Å². The van der Waals surface area contributed by atoms with Gasteiger partial charge in [0.25, 0.3) is 0 Å². The Morgan fingerprint density at radius 2 is 1.65 bits per heavy atom. The van der Waals surface area contributed by atoms with E-state index >= 15 is 0 Å². The second-order valence-corrected chi connectivity index (χ2v) is 4.25. The van der Waals surface area contributed by atoms with Crippen LogP contribution in [0.3, 0.4) is 0 Å². The van der Waals surface area contributed by atoms with Gasteiger partial charge in [-0.05, 0) is 36.4 Å². The van der Waals surface area contributed by atoms with Gasteiger partial charge in [-0.15, -0.1) is 0 Å². The van der Waals surface area contributed by atoms with Crippen molar-refractivity contribution in [2.24, 2.45) is 0 Å². The highest BCUT2D eigenvalue weighted by Gasteiger charge is 2.00. The number of aromatic nitrogens is 2. The van der Waals surface area contributed by atoms with E-state index in [1.165, 1.54) is 0 Å². The quantitative estimate of drug-likeness (QED) is 0.671. The molecule has 0 aromatic carbocycles. The molecule has 5 nitrogen and oxygen atoms in total. The smallest absolute Gasteiger partial charge is 0.152 e. The van der Waals surface area contributed by atoms with E-state index in [-0.39, 0.29) is 0 Å². The first kappa shape index (κ1) is 13.9. The average Bonchev–Trinajstić information content (AvgIpc) is 2.93. The Bertz CT molecular complexity index is 653. The van der Waals surface area contributed by atoms with Gasteiger partial charge in [0.05, 0.1) is 6.26 Å². The molecule has 0 aliphatic rings. The third-order valence-corrected chi connectivity index (χ3v) is 2.51. The van der Waals surface area contributed by atoms with Crippen molar-refractivity contribution in [2.45, 2.75) is 0 Å². The standard InChI is InChI=1S/C9H8N2O.C5H5ClN2/c10-7-3-4-11-8(6-7)9-2-1-5-12-9;6-5-3-4(7)1-2-8-5/h1-6H,(H2,10,11);1-3H,(H2,7,8). The van der Waals surface area contributed by atoms with E-state index in [1.54, 1.807) is 42.9 Å². The molecule has 0 spiro atoms. The highest BCUT2D eigenvalue weighted by atomic mass is 35.5. The van der Waals surface area contributed by atoms with E-state index in [4.69, 9.17) is 27.5 Å². The number of hydrogen-bond acceptors (Lipinski definition) is 5. The third-order valence-electron chi connectivity index (χ3n) is 2.31. The van der Waals surface area contributed by atoms with E-state index < -0.39 is 0 Å². The minimum atomic E-state index is 0.435. The van der Waals surface area contributed by atoms with Gasteiger partial charge in [0.1, 0.15) is 10.8 Å². The van der Waals surface area contributed by atoms with Gasteiger partial charge in [0.15, 0.2) is 5.76 Å². The van der Waals surface area contributed by atoms with Crippen LogP contribution in [0.25, 0.3) is 11.5 Å². The number of nitrogen functional groups attached to an aromatic ring is 2. The van der Waals surface area contributed by atoms with Gasteiger partial charge in [-0.1, -0.05) is 11.6 Å². The largest absolute Gasteiger partial charge is 0.463 e. The first-order valence-electron chi connectivity index (χ1n) is 5.77. The fourth-order valence-electron chi connectivity index (χ4n) is 1.42. The van der Waals surface area contributed by atoms with Crippen LogP contribution in [0.15, 0.2) is 59.5 Å². The summed E-state index contributed by atoms with van der Waals surface area (Å²) in [5.74, 6) is 0.738. The number of nitrogens with zero attached hydrogens (tertiary/aromatic N) is 2. The lowest BCUT2D eigenvalue weighted by molar-refractivity contribution is 0.580. The molecule has 0 radical (unpaired) electrons. The molecule has 3 rings (SSSR count). The van der Waals surface area contributed by atoms with Crippen molar-refractivity contribution < 1.29 is 4.42 Å². The van der Waals surface area contributed by atoms with Crippen LogP contribution in [-0.4, -0.2) is 9.97 Å². The van der Waals surface area contributed by atoms with E-state index in [1.807, 2.05) is 12.1 Å². The zero-order valence-corrected chi connectivity index (χ0v) is 11.3. The highest BCUT2D eigenvalue weighted by Crippen LogP contribution is 2.18. The molecule has 0 atom stereocenters. The SMILES string of the molecule is Nc1ccnc(-c2ccco2)c1.Nc1ccnc(Cl)c1. The maximum absolute atomic E-state index is 5.58. The minimum absolute atomic E-state index is 0.435. The first-order chi connectivity index (χ1) is 9.65. The molecule has 0 unspecified atom stereocenters. The van der Waals surface area contributed by atoms with Crippen LogP contribution in [0.5, 0.6) is 0 Å². The van der Waals surface area contributed by atoms with Crippen LogP contribution >= 0.6 is 11.6 Å². The predicted octanol–water partition coefficient (Wildman–Crippen LogP) is 3.24. The number of nitrogens with two attached hydrogens (primary N) is 2. The predicted molar refractivity (Wildman–Crippen MR) is 80.0 cm³/mol. The molecule has 0 bridgehead atoms. The average molecular weight is 289 g/mol. The number of pyridine rings is 2. The molecular formula is C14H13ClN4O. The molecular weight excluding hydrogens is 276 g/mol. The monoisotopic (exact) mass is 288 g/mol. The molecule has 0 amide bonds. The Morgan fingerprint density at radius 3 is 2.15 bits per heavy atom. The Hall–Kier alpha value is -2.53. The summed E-state index contributed by atoms with van der Waals surface area (Å²) in [6.07, 6.45) is 4.84. The molecule has 0 saturated heterocycles. The van der Waals surface area contributed by atoms with Crippen LogP contribution in [-0.2, 0) is 0 Å². The van der Waals surface area contributed by atoms with Crippen LogP contribution < -0.4 is 11.5 Å². The number of rotatable bonds is 1. The first-order valence-corrected chi connectivity index (χ1v) is 6.15. The zero-order valence-electron chi connectivity index (χ0n) is 10.5. The van der Waals surface area contributed by atoms with Crippen molar-refractivity contribution in [3.8, 4) is 11.5 Å². The topological polar surface area (TPSA) is 91.0 Å². The fourth-order valence-corrected chi connectivity index (χ4v) is 1.61. The van der Waals surface area contributed by atoms with Crippen LogP contribution in [0, 0.1) is 0 Å². The lowest BCUT2D eigenvalue weighted by atomic mass is 10.3. The van der Waals surface area contributed by atoms with Crippen LogP contribution in [0.1, 0.15) is 0 Å². The molecule has 0 fully saturated rings. The fraction of sp³-hybridized carbons (Fsp3) is 0. The van der Waals surface area contributed by atoms with Crippen molar-refractivity contribution in [1.29, 1.82) is 0 Å². The molecule has 0 aliphatic carbocycles. The zero-order chi connectivity index (χ0) is 14.4. The maximum Gasteiger partial charge on any atom is 0.152 e. The van der Waals surface area contributed by atoms with Gasteiger partial charge in [0, 0.05) is 23.8 Å². The second kappa shape index (κ2) is 6.58. The Morgan fingerprint density at radius 1 is 0.950 bits per heavy atom. The van der Waals surface area contributed by atoms with Crippen molar-refractivity contribution >= 4 is 23.0 Å². The minimum Gasteiger partial charge on any atom is -0.463 e. The summed E-state index contributed by atoms with van der Waals surface area (Å²) in [6, 6.07) is 10.5. The van der Waals surface area contributed by atoms with Gasteiger partial charge in [-0.25, -0.2) is 4.98 Å². The molecule has 3 heterocycles. The summed E-state index contributed by atoms with van der Waals surface area (Å²) in [4.78, 5) is 7.83. The molecule has 20 heavy (non-hydrogen) atoms. The number of halogens is 1. The lowest BCUT2D eigenvalue weighted by Gasteiger charge is -1.95. The Labute approximate surface area is 121 Å². The Kier molecular flexibility index (Phi) is 4.57. The summed E-state index contributed by atoms with van der Waals surface area (Å²) in [6.45, 7) is 0. The van der Waals surface area contributed by atoms with E-state index in [0.717, 1.165) is 11.5 Å². The van der Waals surface area contributed by atoms with Crippen LogP contribution in [0.2, 0.25) is 5.15 Å². The summed E-state index contributed by atoms with van der Waals surface area (Å²) < 4.78 is 5.16. The highest BCUT2D eigenvalue weighted by molar-refractivity contribution is 6.29. The van der Waals surface area contributed by atoms with E-state index in [2.05, 4.69) is 9.97 Å². The van der Waals surface area contributed by atoms with E-state index in [0.29, 0.717) is 16.5 Å². The van der Waals surface area contributed by atoms with Crippen molar-refractivity contribution in [1.82, 2.24) is 9.97 Å². The molecule has 102 valence electrons. The molecule has 6 heteroatoms. The summed E-state index contributed by atoms with van der Waals surface area (Å²) >= 11 is 5.45. The summed E-state index contributed by atoms with van der Waals surface area (Å²) in [5.41, 5.74) is 13.0. The molecule has 0 aliphatic heterocycles. The molecule has 3 aromatic rings. The van der Waals surface area contributed by atoms with Gasteiger partial charge in [-0.3, -0.25) is 4.98 Å². The van der Waals surface area contributed by atoms with Crippen LogP contribution in [0.4, 0.5) is 11.4 Å². The molecule has 0 saturated carbocycles. The van der Waals surface area contributed by atoms with Gasteiger partial charge < -0.3 is 15.9 Å². The summed E-state index contributed by atoms with van der Waals surface area (Å²) in [5, 5.41) is 0.435. The Balaban J connectivity index is 0.000000160. The molecule has 4 N–H and O–H groups in total. The van der Waals surface area contributed by atoms with Crippen molar-refractivity contribution in [3.63, 3.8) is 0 Å². The maximum atomic E-state index is 5.58.